The van der Waals surface area contributed by atoms with Crippen molar-refractivity contribution in [3.8, 4) is 57.1 Å². The fourth-order valence-corrected chi connectivity index (χ4v) is 5.78. The maximum atomic E-state index is 10.7. The van der Waals surface area contributed by atoms with Crippen LogP contribution in [0.25, 0.3) is 67.6 Å². The van der Waals surface area contributed by atoms with E-state index < -0.39 is 0 Å². The molecule has 4 aromatic heterocycles. The molecule has 0 saturated carbocycles. The van der Waals surface area contributed by atoms with Gasteiger partial charge in [-0.15, -0.1) is 0 Å². The Morgan fingerprint density at radius 3 is 1.62 bits per heavy atom. The number of benzene rings is 4. The van der Waals surface area contributed by atoms with Crippen molar-refractivity contribution in [1.29, 1.82) is 0 Å². The molecule has 10 heteroatoms. The van der Waals surface area contributed by atoms with Crippen molar-refractivity contribution in [2.75, 3.05) is 7.11 Å². The van der Waals surface area contributed by atoms with Crippen LogP contribution in [0.15, 0.2) is 97.1 Å². The Bertz CT molecular complexity index is 2350. The van der Waals surface area contributed by atoms with Gasteiger partial charge in [0.25, 0.3) is 0 Å². The average molecular weight is 623 g/mol. The molecular weight excluding hydrogens is 588 g/mol. The standard InChI is InChI=1S/C19H18N4O.C18H16N4O/c1-12-9-10-14-15(11-12)21-19(20-14)17-18(24-3)16(22-23(17)2)13-7-5-4-6-8-13;1-11-8-9-13-14(10-11)20-18(19-13)16-17(23)15(21-22(16)2)12-6-4-3-5-7-12/h4-11H,1-3H3,(H,20,21);3-10,23H,1-2H3,(H,19,20). The minimum Gasteiger partial charge on any atom is -0.504 e. The van der Waals surface area contributed by atoms with Gasteiger partial charge in [-0.05, 0) is 49.2 Å². The molecule has 8 rings (SSSR count). The summed E-state index contributed by atoms with van der Waals surface area (Å²) in [6.07, 6.45) is 0. The predicted octanol–water partition coefficient (Wildman–Crippen LogP) is 7.59. The Kier molecular flexibility index (Phi) is 7.53. The van der Waals surface area contributed by atoms with Gasteiger partial charge in [-0.1, -0.05) is 72.8 Å². The van der Waals surface area contributed by atoms with Crippen LogP contribution in [0.5, 0.6) is 11.5 Å². The van der Waals surface area contributed by atoms with Gasteiger partial charge in [-0.2, -0.15) is 10.2 Å². The van der Waals surface area contributed by atoms with Crippen molar-refractivity contribution < 1.29 is 9.84 Å². The molecule has 0 amide bonds. The molecule has 0 saturated heterocycles. The highest BCUT2D eigenvalue weighted by atomic mass is 16.5. The molecule has 0 aliphatic heterocycles. The molecule has 47 heavy (non-hydrogen) atoms. The fraction of sp³-hybridized carbons (Fsp3) is 0.135. The van der Waals surface area contributed by atoms with E-state index in [1.807, 2.05) is 104 Å². The lowest BCUT2D eigenvalue weighted by atomic mass is 10.1. The van der Waals surface area contributed by atoms with Crippen LogP contribution in [0.2, 0.25) is 0 Å². The normalized spacial score (nSPS) is 11.2. The molecule has 4 aromatic carbocycles. The van der Waals surface area contributed by atoms with E-state index in [1.54, 1.807) is 18.8 Å². The summed E-state index contributed by atoms with van der Waals surface area (Å²) in [4.78, 5) is 15.9. The van der Waals surface area contributed by atoms with E-state index in [4.69, 9.17) is 9.72 Å². The first-order valence-electron chi connectivity index (χ1n) is 15.2. The van der Waals surface area contributed by atoms with E-state index in [9.17, 15) is 5.11 Å². The lowest BCUT2D eigenvalue weighted by Gasteiger charge is -2.03. The van der Waals surface area contributed by atoms with Crippen LogP contribution < -0.4 is 4.74 Å². The van der Waals surface area contributed by atoms with Gasteiger partial charge < -0.3 is 19.8 Å². The van der Waals surface area contributed by atoms with Crippen LogP contribution >= 0.6 is 0 Å². The number of nitrogens with zero attached hydrogens (tertiary/aromatic N) is 6. The molecule has 3 N–H and O–H groups in total. The maximum Gasteiger partial charge on any atom is 0.175 e. The summed E-state index contributed by atoms with van der Waals surface area (Å²) >= 11 is 0. The molecule has 0 spiro atoms. The number of fused-ring (bicyclic) bond motifs is 2. The minimum absolute atomic E-state index is 0.134. The van der Waals surface area contributed by atoms with Gasteiger partial charge in [0.15, 0.2) is 23.1 Å². The molecule has 10 nitrogen and oxygen atoms in total. The highest BCUT2D eigenvalue weighted by molar-refractivity contribution is 5.84. The quantitative estimate of drug-likeness (QED) is 0.182. The van der Waals surface area contributed by atoms with Crippen molar-refractivity contribution in [2.45, 2.75) is 13.8 Å². The smallest absolute Gasteiger partial charge is 0.175 e. The molecule has 234 valence electrons. The Balaban J connectivity index is 0.000000150. The Morgan fingerprint density at radius 2 is 1.09 bits per heavy atom. The van der Waals surface area contributed by atoms with Crippen LogP contribution in [0, 0.1) is 13.8 Å². The van der Waals surface area contributed by atoms with Gasteiger partial charge in [0, 0.05) is 25.2 Å². The molecule has 0 bridgehead atoms. The van der Waals surface area contributed by atoms with Gasteiger partial charge in [0.2, 0.25) is 0 Å². The van der Waals surface area contributed by atoms with Crippen molar-refractivity contribution in [1.82, 2.24) is 39.5 Å². The number of nitrogens with one attached hydrogen (secondary N) is 2. The number of rotatable bonds is 5. The van der Waals surface area contributed by atoms with E-state index in [-0.39, 0.29) is 5.75 Å². The summed E-state index contributed by atoms with van der Waals surface area (Å²) in [5.74, 6) is 2.22. The van der Waals surface area contributed by atoms with Crippen LogP contribution in [0.4, 0.5) is 0 Å². The van der Waals surface area contributed by atoms with Crippen molar-refractivity contribution in [3.63, 3.8) is 0 Å². The Labute approximate surface area is 271 Å². The molecule has 4 heterocycles. The summed E-state index contributed by atoms with van der Waals surface area (Å²) in [5, 5.41) is 19.8. The molecule has 0 fully saturated rings. The summed E-state index contributed by atoms with van der Waals surface area (Å²) in [6, 6.07) is 31.9. The molecule has 8 aromatic rings. The van der Waals surface area contributed by atoms with Crippen LogP contribution in [0.1, 0.15) is 11.1 Å². The highest BCUT2D eigenvalue weighted by Gasteiger charge is 2.23. The zero-order chi connectivity index (χ0) is 32.7. The van der Waals surface area contributed by atoms with Crippen LogP contribution in [0.3, 0.4) is 0 Å². The minimum atomic E-state index is 0.134. The van der Waals surface area contributed by atoms with Gasteiger partial charge >= 0.3 is 0 Å². The number of aromatic hydroxyl groups is 1. The van der Waals surface area contributed by atoms with Crippen molar-refractivity contribution in [3.05, 3.63) is 108 Å². The Hall–Kier alpha value is -6.16. The van der Waals surface area contributed by atoms with E-state index in [2.05, 4.69) is 44.2 Å². The topological polar surface area (TPSA) is 122 Å². The lowest BCUT2D eigenvalue weighted by molar-refractivity contribution is 0.417. The number of ether oxygens (including phenoxy) is 1. The first kappa shape index (κ1) is 29.5. The van der Waals surface area contributed by atoms with Crippen LogP contribution in [-0.2, 0) is 14.1 Å². The number of H-pyrrole nitrogens is 2. The Morgan fingerprint density at radius 1 is 0.617 bits per heavy atom. The highest BCUT2D eigenvalue weighted by Crippen LogP contribution is 2.38. The lowest BCUT2D eigenvalue weighted by Crippen LogP contribution is -1.96. The molecule has 0 atom stereocenters. The van der Waals surface area contributed by atoms with Crippen molar-refractivity contribution >= 4 is 22.1 Å². The zero-order valence-corrected chi connectivity index (χ0v) is 26.8. The molecule has 0 aliphatic carbocycles. The predicted molar refractivity (Wildman–Crippen MR) is 185 cm³/mol. The number of aryl methyl sites for hydroxylation is 4. The SMILES string of the molecule is COc1c(-c2ccccc2)nn(C)c1-c1nc2ccc(C)cc2[nH]1.Cc1ccc2nc(-c3c(O)c(-c4ccccc4)nn3C)[nH]c2c1. The van der Waals surface area contributed by atoms with E-state index in [0.29, 0.717) is 17.2 Å². The van der Waals surface area contributed by atoms with Gasteiger partial charge in [-0.25, -0.2) is 9.97 Å². The third-order valence-corrected chi connectivity index (χ3v) is 8.05. The zero-order valence-electron chi connectivity index (χ0n) is 26.8. The summed E-state index contributed by atoms with van der Waals surface area (Å²) < 4.78 is 9.15. The van der Waals surface area contributed by atoms with Gasteiger partial charge in [0.05, 0.1) is 29.2 Å². The molecule has 0 radical (unpaired) electrons. The molecule has 0 aliphatic rings. The summed E-state index contributed by atoms with van der Waals surface area (Å²) in [7, 11) is 5.38. The maximum absolute atomic E-state index is 10.7. The number of hydrogen-bond acceptors (Lipinski definition) is 6. The third-order valence-electron chi connectivity index (χ3n) is 8.05. The second-order valence-electron chi connectivity index (χ2n) is 11.5. The number of aromatic nitrogens is 8. The van der Waals surface area contributed by atoms with E-state index in [0.717, 1.165) is 61.7 Å². The monoisotopic (exact) mass is 622 g/mol. The first-order chi connectivity index (χ1) is 22.8. The molecule has 0 unspecified atom stereocenters. The van der Waals surface area contributed by atoms with Crippen molar-refractivity contribution in [2.24, 2.45) is 14.1 Å². The molecular formula is C37H34N8O2. The first-order valence-corrected chi connectivity index (χ1v) is 15.2. The second kappa shape index (κ2) is 12.0. The third kappa shape index (κ3) is 5.50. The average Bonchev–Trinajstić information content (AvgIpc) is 3.84. The second-order valence-corrected chi connectivity index (χ2v) is 11.5. The van der Waals surface area contributed by atoms with Gasteiger partial charge in [-0.3, -0.25) is 9.36 Å². The number of hydrogen-bond donors (Lipinski definition) is 3. The summed E-state index contributed by atoms with van der Waals surface area (Å²) in [5.41, 5.74) is 10.8. The number of methoxy groups -OCH3 is 1. The number of aromatic amines is 2. The van der Waals surface area contributed by atoms with Crippen LogP contribution in [-0.4, -0.2) is 51.7 Å². The summed E-state index contributed by atoms with van der Waals surface area (Å²) in [6.45, 7) is 4.10. The van der Waals surface area contributed by atoms with Gasteiger partial charge in [0.1, 0.15) is 22.8 Å². The fourth-order valence-electron chi connectivity index (χ4n) is 5.78. The van der Waals surface area contributed by atoms with E-state index in [1.165, 1.54) is 5.56 Å². The van der Waals surface area contributed by atoms with E-state index >= 15 is 0 Å². The largest absolute Gasteiger partial charge is 0.504 e. The number of imidazole rings is 2.